The van der Waals surface area contributed by atoms with Crippen LogP contribution in [-0.4, -0.2) is 47.2 Å². The third kappa shape index (κ3) is 2.85. The summed E-state index contributed by atoms with van der Waals surface area (Å²) in [6, 6.07) is 1.52. The van der Waals surface area contributed by atoms with E-state index in [0.717, 1.165) is 32.1 Å². The number of carbonyl (C=O) groups is 1. The van der Waals surface area contributed by atoms with Crippen molar-refractivity contribution >= 4 is 17.5 Å². The van der Waals surface area contributed by atoms with Gasteiger partial charge < -0.3 is 15.3 Å². The molecule has 0 aliphatic carbocycles. The molecule has 1 aromatic heterocycles. The zero-order chi connectivity index (χ0) is 14.7. The minimum absolute atomic E-state index is 0.256. The van der Waals surface area contributed by atoms with E-state index >= 15 is 0 Å². The van der Waals surface area contributed by atoms with Crippen molar-refractivity contribution in [3.8, 4) is 0 Å². The highest BCUT2D eigenvalue weighted by atomic mass is 16.6. The quantitative estimate of drug-likeness (QED) is 0.622. The van der Waals surface area contributed by atoms with E-state index in [1.807, 2.05) is 11.9 Å². The molecule has 0 bridgehead atoms. The Labute approximate surface area is 115 Å². The maximum absolute atomic E-state index is 11.1. The summed E-state index contributed by atoms with van der Waals surface area (Å²) in [5, 5.41) is 23.1. The van der Waals surface area contributed by atoms with Crippen LogP contribution in [-0.2, 0) is 0 Å². The molecular formula is C12H16N4O4. The fourth-order valence-corrected chi connectivity index (χ4v) is 2.33. The van der Waals surface area contributed by atoms with Gasteiger partial charge in [-0.1, -0.05) is 0 Å². The molecule has 0 aromatic carbocycles. The van der Waals surface area contributed by atoms with Gasteiger partial charge in [0.05, 0.1) is 4.92 Å². The predicted octanol–water partition coefficient (Wildman–Crippen LogP) is 0.876. The molecule has 8 heteroatoms. The average Bonchev–Trinajstić information content (AvgIpc) is 2.46. The van der Waals surface area contributed by atoms with Gasteiger partial charge >= 0.3 is 11.7 Å². The predicted molar refractivity (Wildman–Crippen MR) is 72.1 cm³/mol. The van der Waals surface area contributed by atoms with Crippen LogP contribution in [0.2, 0.25) is 0 Å². The molecule has 2 heterocycles. The molecule has 20 heavy (non-hydrogen) atoms. The van der Waals surface area contributed by atoms with Crippen LogP contribution in [0.4, 0.5) is 11.5 Å². The zero-order valence-corrected chi connectivity index (χ0v) is 11.1. The molecule has 8 nitrogen and oxygen atoms in total. The second-order valence-corrected chi connectivity index (χ2v) is 4.71. The highest BCUT2D eigenvalue weighted by molar-refractivity contribution is 5.93. The molecule has 108 valence electrons. The number of pyridine rings is 1. The van der Waals surface area contributed by atoms with Crippen molar-refractivity contribution in [3.63, 3.8) is 0 Å². The lowest BCUT2D eigenvalue weighted by Crippen LogP contribution is -2.41. The molecule has 1 aromatic rings. The van der Waals surface area contributed by atoms with E-state index in [1.54, 1.807) is 0 Å². The van der Waals surface area contributed by atoms with E-state index in [0.29, 0.717) is 5.82 Å². The standard InChI is InChI=1S/C12H16N4O4/c1-15(8-2-4-13-5-3-8)11-6-9(12(17)18)10(7-14-11)16(19)20/h6-8,13H,2-5H2,1H3,(H,17,18). The number of carboxylic acids is 1. The molecule has 0 amide bonds. The van der Waals surface area contributed by atoms with E-state index in [-0.39, 0.29) is 11.6 Å². The van der Waals surface area contributed by atoms with Crippen molar-refractivity contribution < 1.29 is 14.8 Å². The largest absolute Gasteiger partial charge is 0.477 e. The molecule has 0 saturated carbocycles. The zero-order valence-electron chi connectivity index (χ0n) is 11.1. The van der Waals surface area contributed by atoms with Gasteiger partial charge in [0.25, 0.3) is 0 Å². The Hall–Kier alpha value is -2.22. The fraction of sp³-hybridized carbons (Fsp3) is 0.500. The summed E-state index contributed by atoms with van der Waals surface area (Å²) in [7, 11) is 1.83. The van der Waals surface area contributed by atoms with Gasteiger partial charge in [0.1, 0.15) is 17.6 Å². The van der Waals surface area contributed by atoms with Crippen LogP contribution in [0.15, 0.2) is 12.3 Å². The van der Waals surface area contributed by atoms with Crippen molar-refractivity contribution in [2.75, 3.05) is 25.0 Å². The normalized spacial score (nSPS) is 15.8. The van der Waals surface area contributed by atoms with Crippen LogP contribution in [0.25, 0.3) is 0 Å². The van der Waals surface area contributed by atoms with Gasteiger partial charge in [-0.3, -0.25) is 10.1 Å². The van der Waals surface area contributed by atoms with E-state index < -0.39 is 16.6 Å². The number of nitrogens with one attached hydrogen (secondary N) is 1. The molecule has 0 radical (unpaired) electrons. The molecule has 1 aliphatic heterocycles. The molecule has 0 unspecified atom stereocenters. The second-order valence-electron chi connectivity index (χ2n) is 4.71. The van der Waals surface area contributed by atoms with Gasteiger partial charge in [0.2, 0.25) is 0 Å². The first-order valence-electron chi connectivity index (χ1n) is 6.32. The lowest BCUT2D eigenvalue weighted by atomic mass is 10.1. The Morgan fingerprint density at radius 2 is 2.20 bits per heavy atom. The number of aromatic carboxylic acids is 1. The summed E-state index contributed by atoms with van der Waals surface area (Å²) in [4.78, 5) is 27.1. The van der Waals surface area contributed by atoms with E-state index in [9.17, 15) is 14.9 Å². The lowest BCUT2D eigenvalue weighted by molar-refractivity contribution is -0.385. The van der Waals surface area contributed by atoms with Crippen LogP contribution < -0.4 is 10.2 Å². The number of nitrogens with zero attached hydrogens (tertiary/aromatic N) is 3. The Morgan fingerprint density at radius 1 is 1.55 bits per heavy atom. The summed E-state index contributed by atoms with van der Waals surface area (Å²) in [5.74, 6) is -0.876. The third-order valence-electron chi connectivity index (χ3n) is 3.51. The van der Waals surface area contributed by atoms with Crippen LogP contribution in [0.1, 0.15) is 23.2 Å². The SMILES string of the molecule is CN(c1cc(C(=O)O)c([N+](=O)[O-])cn1)C1CCNCC1. The van der Waals surface area contributed by atoms with E-state index in [2.05, 4.69) is 10.3 Å². The summed E-state index contributed by atoms with van der Waals surface area (Å²) in [6.07, 6.45) is 2.87. The Balaban J connectivity index is 2.30. The van der Waals surface area contributed by atoms with Gasteiger partial charge in [0, 0.05) is 19.2 Å². The molecular weight excluding hydrogens is 264 g/mol. The Morgan fingerprint density at radius 3 is 2.75 bits per heavy atom. The molecule has 1 aliphatic rings. The van der Waals surface area contributed by atoms with Gasteiger partial charge in [-0.25, -0.2) is 9.78 Å². The lowest BCUT2D eigenvalue weighted by Gasteiger charge is -2.32. The van der Waals surface area contributed by atoms with Crippen LogP contribution in [0, 0.1) is 10.1 Å². The fourth-order valence-electron chi connectivity index (χ4n) is 2.33. The molecule has 2 N–H and O–H groups in total. The first kappa shape index (κ1) is 14.2. The topological polar surface area (TPSA) is 109 Å². The van der Waals surface area contributed by atoms with Gasteiger partial charge in [-0.2, -0.15) is 0 Å². The summed E-state index contributed by atoms with van der Waals surface area (Å²) in [6.45, 7) is 1.79. The monoisotopic (exact) mass is 280 g/mol. The number of rotatable bonds is 4. The van der Waals surface area contributed by atoms with E-state index in [1.165, 1.54) is 6.07 Å². The second kappa shape index (κ2) is 5.83. The maximum Gasteiger partial charge on any atom is 0.342 e. The minimum atomic E-state index is -1.32. The number of nitro groups is 1. The highest BCUT2D eigenvalue weighted by Crippen LogP contribution is 2.24. The highest BCUT2D eigenvalue weighted by Gasteiger charge is 2.24. The number of anilines is 1. The summed E-state index contributed by atoms with van der Waals surface area (Å²) >= 11 is 0. The summed E-state index contributed by atoms with van der Waals surface area (Å²) in [5.41, 5.74) is -0.819. The van der Waals surface area contributed by atoms with Crippen LogP contribution >= 0.6 is 0 Å². The smallest absolute Gasteiger partial charge is 0.342 e. The number of piperidine rings is 1. The van der Waals surface area contributed by atoms with Crippen molar-refractivity contribution in [3.05, 3.63) is 27.9 Å². The van der Waals surface area contributed by atoms with Crippen LogP contribution in [0.5, 0.6) is 0 Å². The Bertz CT molecular complexity index is 528. The maximum atomic E-state index is 11.1. The van der Waals surface area contributed by atoms with Crippen LogP contribution in [0.3, 0.4) is 0 Å². The summed E-state index contributed by atoms with van der Waals surface area (Å²) < 4.78 is 0. The number of hydrogen-bond donors (Lipinski definition) is 2. The molecule has 0 spiro atoms. The van der Waals surface area contributed by atoms with E-state index in [4.69, 9.17) is 5.11 Å². The minimum Gasteiger partial charge on any atom is -0.477 e. The first-order valence-corrected chi connectivity index (χ1v) is 6.32. The average molecular weight is 280 g/mol. The number of carboxylic acid groups (broad SMARTS) is 1. The Kier molecular flexibility index (Phi) is 4.14. The first-order chi connectivity index (χ1) is 9.50. The van der Waals surface area contributed by atoms with Crippen molar-refractivity contribution in [2.45, 2.75) is 18.9 Å². The van der Waals surface area contributed by atoms with Crippen molar-refractivity contribution in [2.24, 2.45) is 0 Å². The third-order valence-corrected chi connectivity index (χ3v) is 3.51. The number of aromatic nitrogens is 1. The van der Waals surface area contributed by atoms with Gasteiger partial charge in [-0.05, 0) is 25.9 Å². The molecule has 1 fully saturated rings. The number of hydrogen-bond acceptors (Lipinski definition) is 6. The van der Waals surface area contributed by atoms with Gasteiger partial charge in [0.15, 0.2) is 0 Å². The van der Waals surface area contributed by atoms with Gasteiger partial charge in [-0.15, -0.1) is 0 Å². The molecule has 2 rings (SSSR count). The van der Waals surface area contributed by atoms with Crippen molar-refractivity contribution in [1.82, 2.24) is 10.3 Å². The molecule has 1 saturated heterocycles. The van der Waals surface area contributed by atoms with Crippen molar-refractivity contribution in [1.29, 1.82) is 0 Å². The molecule has 0 atom stereocenters.